The van der Waals surface area contributed by atoms with E-state index in [1.165, 1.54) is 4.90 Å². The zero-order valence-electron chi connectivity index (χ0n) is 14.9. The number of thiol groups is 1. The highest BCUT2D eigenvalue weighted by atomic mass is 32.2. The van der Waals surface area contributed by atoms with E-state index in [9.17, 15) is 19.5 Å². The highest BCUT2D eigenvalue weighted by Crippen LogP contribution is 2.34. The number of thioether (sulfide) groups is 1. The maximum Gasteiger partial charge on any atom is 0.326 e. The number of aliphatic carboxylic acids is 1. The van der Waals surface area contributed by atoms with Crippen LogP contribution in [0.4, 0.5) is 0 Å². The molecule has 0 aliphatic carbocycles. The molecule has 2 saturated heterocycles. The Morgan fingerprint density at radius 2 is 2.00 bits per heavy atom. The van der Waals surface area contributed by atoms with E-state index in [2.05, 4.69) is 17.9 Å². The van der Waals surface area contributed by atoms with Crippen LogP contribution in [-0.2, 0) is 20.8 Å². The SMILES string of the molecule is O=C(N[C@H]1CCS[C@H]2CCC[C@@H](C(=O)O)N2C1=O)C(S)Cc1ccccc1. The Balaban J connectivity index is 1.67. The van der Waals surface area contributed by atoms with Crippen LogP contribution in [0.25, 0.3) is 0 Å². The van der Waals surface area contributed by atoms with Gasteiger partial charge in [-0.1, -0.05) is 30.3 Å². The first kappa shape index (κ1) is 20.1. The fraction of sp³-hybridized carbons (Fsp3) is 0.526. The zero-order chi connectivity index (χ0) is 19.4. The summed E-state index contributed by atoms with van der Waals surface area (Å²) in [6, 6.07) is 8.08. The Labute approximate surface area is 168 Å². The molecule has 4 atom stereocenters. The first-order valence-corrected chi connectivity index (χ1v) is 10.7. The number of rotatable bonds is 5. The summed E-state index contributed by atoms with van der Waals surface area (Å²) in [5, 5.41) is 11.6. The molecule has 2 aliphatic heterocycles. The third-order valence-electron chi connectivity index (χ3n) is 5.02. The van der Waals surface area contributed by atoms with E-state index >= 15 is 0 Å². The number of carbonyl (C=O) groups excluding carboxylic acids is 2. The topological polar surface area (TPSA) is 86.7 Å². The maximum atomic E-state index is 13.0. The van der Waals surface area contributed by atoms with Crippen LogP contribution in [0.3, 0.4) is 0 Å². The fourth-order valence-corrected chi connectivity index (χ4v) is 5.30. The Morgan fingerprint density at radius 1 is 1.26 bits per heavy atom. The van der Waals surface area contributed by atoms with E-state index in [1.54, 1.807) is 11.8 Å². The first-order chi connectivity index (χ1) is 13.0. The molecular formula is C19H24N2O4S2. The Hall–Kier alpha value is -1.67. The summed E-state index contributed by atoms with van der Waals surface area (Å²) in [5.74, 6) is -0.851. The van der Waals surface area contributed by atoms with Crippen molar-refractivity contribution in [3.63, 3.8) is 0 Å². The van der Waals surface area contributed by atoms with Crippen molar-refractivity contribution < 1.29 is 19.5 Å². The second kappa shape index (κ2) is 9.01. The Morgan fingerprint density at radius 3 is 2.70 bits per heavy atom. The maximum absolute atomic E-state index is 13.0. The van der Waals surface area contributed by atoms with E-state index in [1.807, 2.05) is 30.3 Å². The van der Waals surface area contributed by atoms with Crippen LogP contribution in [0.2, 0.25) is 0 Å². The molecular weight excluding hydrogens is 384 g/mol. The quantitative estimate of drug-likeness (QED) is 0.648. The lowest BCUT2D eigenvalue weighted by molar-refractivity contribution is -0.154. The van der Waals surface area contributed by atoms with Crippen LogP contribution in [0.1, 0.15) is 31.2 Å². The van der Waals surface area contributed by atoms with Gasteiger partial charge < -0.3 is 15.3 Å². The molecule has 27 heavy (non-hydrogen) atoms. The van der Waals surface area contributed by atoms with Gasteiger partial charge in [-0.2, -0.15) is 12.6 Å². The number of amides is 2. The molecule has 2 aliphatic rings. The predicted molar refractivity (Wildman–Crippen MR) is 108 cm³/mol. The third-order valence-corrected chi connectivity index (χ3v) is 6.76. The molecule has 2 heterocycles. The van der Waals surface area contributed by atoms with E-state index < -0.39 is 23.3 Å². The van der Waals surface area contributed by atoms with Crippen molar-refractivity contribution in [1.82, 2.24) is 10.2 Å². The standard InChI is InChI=1S/C19H24N2O4S2/c22-17(15(26)11-12-5-2-1-3-6-12)20-13-9-10-27-16-8-4-7-14(19(24)25)21(16)18(13)23/h1-3,5-6,13-16,26H,4,7-11H2,(H,20,22)(H,24,25)/t13-,14-,15?,16-/m0/s1. The van der Waals surface area contributed by atoms with E-state index in [4.69, 9.17) is 0 Å². The molecule has 0 aromatic heterocycles. The Bertz CT molecular complexity index is 700. The van der Waals surface area contributed by atoms with Gasteiger partial charge in [0, 0.05) is 0 Å². The monoisotopic (exact) mass is 408 g/mol. The first-order valence-electron chi connectivity index (χ1n) is 9.16. The number of fused-ring (bicyclic) bond motifs is 1. The van der Waals surface area contributed by atoms with Crippen molar-refractivity contribution in [2.24, 2.45) is 0 Å². The number of nitrogens with zero attached hydrogens (tertiary/aromatic N) is 1. The van der Waals surface area contributed by atoms with Crippen LogP contribution in [0, 0.1) is 0 Å². The number of piperidine rings is 1. The zero-order valence-corrected chi connectivity index (χ0v) is 16.6. The molecule has 2 N–H and O–H groups in total. The van der Waals surface area contributed by atoms with Gasteiger partial charge in [0.2, 0.25) is 11.8 Å². The summed E-state index contributed by atoms with van der Waals surface area (Å²) >= 11 is 6.01. The molecule has 2 amide bonds. The van der Waals surface area contributed by atoms with Crippen LogP contribution in [-0.4, -0.2) is 56.3 Å². The smallest absolute Gasteiger partial charge is 0.326 e. The minimum absolute atomic E-state index is 0.120. The number of carboxylic acid groups (broad SMARTS) is 1. The summed E-state index contributed by atoms with van der Waals surface area (Å²) in [6.45, 7) is 0. The minimum atomic E-state index is -0.975. The molecule has 146 valence electrons. The molecule has 0 bridgehead atoms. The van der Waals surface area contributed by atoms with Gasteiger partial charge >= 0.3 is 5.97 Å². The highest BCUT2D eigenvalue weighted by molar-refractivity contribution is 7.99. The fourth-order valence-electron chi connectivity index (χ4n) is 3.62. The van der Waals surface area contributed by atoms with Crippen molar-refractivity contribution in [3.8, 4) is 0 Å². The van der Waals surface area contributed by atoms with Crippen molar-refractivity contribution >= 4 is 42.2 Å². The van der Waals surface area contributed by atoms with Gasteiger partial charge in [-0.15, -0.1) is 11.8 Å². The minimum Gasteiger partial charge on any atom is -0.480 e. The van der Waals surface area contributed by atoms with Crippen LogP contribution in [0.15, 0.2) is 30.3 Å². The van der Waals surface area contributed by atoms with Crippen LogP contribution < -0.4 is 5.32 Å². The van der Waals surface area contributed by atoms with E-state index in [-0.39, 0.29) is 17.2 Å². The molecule has 0 spiro atoms. The van der Waals surface area contributed by atoms with Gasteiger partial charge in [-0.05, 0) is 43.4 Å². The highest BCUT2D eigenvalue weighted by Gasteiger charge is 2.43. The number of nitrogens with one attached hydrogen (secondary N) is 1. The van der Waals surface area contributed by atoms with Gasteiger partial charge in [-0.3, -0.25) is 9.59 Å². The number of carbonyl (C=O) groups is 3. The molecule has 0 saturated carbocycles. The predicted octanol–water partition coefficient (Wildman–Crippen LogP) is 1.94. The second-order valence-electron chi connectivity index (χ2n) is 6.91. The largest absolute Gasteiger partial charge is 0.480 e. The van der Waals surface area contributed by atoms with E-state index in [0.29, 0.717) is 25.0 Å². The molecule has 2 fully saturated rings. The molecule has 1 aromatic rings. The van der Waals surface area contributed by atoms with Crippen molar-refractivity contribution in [1.29, 1.82) is 0 Å². The van der Waals surface area contributed by atoms with Crippen molar-refractivity contribution in [2.75, 3.05) is 5.75 Å². The molecule has 6 nitrogen and oxygen atoms in total. The summed E-state index contributed by atoms with van der Waals surface area (Å²) in [4.78, 5) is 38.7. The lowest BCUT2D eigenvalue weighted by Gasteiger charge is -2.39. The van der Waals surface area contributed by atoms with Gasteiger partial charge in [0.1, 0.15) is 12.1 Å². The lowest BCUT2D eigenvalue weighted by Crippen LogP contribution is -2.57. The Kier molecular flexibility index (Phi) is 6.70. The van der Waals surface area contributed by atoms with Crippen LogP contribution >= 0.6 is 24.4 Å². The average Bonchev–Trinajstić information content (AvgIpc) is 2.81. The number of hydrogen-bond acceptors (Lipinski definition) is 5. The average molecular weight is 409 g/mol. The molecule has 1 unspecified atom stereocenters. The second-order valence-corrected chi connectivity index (χ2v) is 8.82. The summed E-state index contributed by atoms with van der Waals surface area (Å²) < 4.78 is 0. The van der Waals surface area contributed by atoms with Crippen molar-refractivity contribution in [3.05, 3.63) is 35.9 Å². The van der Waals surface area contributed by atoms with Gasteiger partial charge in [0.05, 0.1) is 10.6 Å². The van der Waals surface area contributed by atoms with Crippen LogP contribution in [0.5, 0.6) is 0 Å². The van der Waals surface area contributed by atoms with E-state index in [0.717, 1.165) is 18.4 Å². The molecule has 1 aromatic carbocycles. The molecule has 3 rings (SSSR count). The number of benzene rings is 1. The van der Waals surface area contributed by atoms with Crippen molar-refractivity contribution in [2.45, 2.75) is 54.8 Å². The van der Waals surface area contributed by atoms with Gasteiger partial charge in [0.25, 0.3) is 0 Å². The number of hydrogen-bond donors (Lipinski definition) is 3. The van der Waals surface area contributed by atoms with Gasteiger partial charge in [0.15, 0.2) is 0 Å². The summed E-state index contributed by atoms with van der Waals surface area (Å²) in [6.07, 6.45) is 3.02. The molecule has 0 radical (unpaired) electrons. The molecule has 8 heteroatoms. The number of carboxylic acids is 1. The lowest BCUT2D eigenvalue weighted by atomic mass is 10.00. The summed E-state index contributed by atoms with van der Waals surface area (Å²) in [5.41, 5.74) is 0.998. The van der Waals surface area contributed by atoms with Gasteiger partial charge in [-0.25, -0.2) is 4.79 Å². The normalized spacial score (nSPS) is 26.6. The third kappa shape index (κ3) is 4.79. The summed E-state index contributed by atoms with van der Waals surface area (Å²) in [7, 11) is 0.